The number of aryl methyl sites for hydroxylation is 1. The van der Waals surface area contributed by atoms with E-state index in [1.165, 1.54) is 0 Å². The van der Waals surface area contributed by atoms with Gasteiger partial charge < -0.3 is 10.1 Å². The highest BCUT2D eigenvalue weighted by Gasteiger charge is 2.24. The van der Waals surface area contributed by atoms with E-state index in [9.17, 15) is 4.79 Å². The molecule has 1 N–H and O–H groups in total. The lowest BCUT2D eigenvalue weighted by molar-refractivity contribution is 0.0492. The van der Waals surface area contributed by atoms with Gasteiger partial charge in [-0.25, -0.2) is 4.79 Å². The van der Waals surface area contributed by atoms with Gasteiger partial charge in [0.15, 0.2) is 5.69 Å². The number of rotatable bonds is 1. The summed E-state index contributed by atoms with van der Waals surface area (Å²) in [4.78, 5) is 11.7. The first-order valence-corrected chi connectivity index (χ1v) is 6.34. The van der Waals surface area contributed by atoms with Crippen LogP contribution in [-0.4, -0.2) is 27.5 Å². The monoisotopic (exact) mass is 262 g/mol. The van der Waals surface area contributed by atoms with Gasteiger partial charge in [-0.1, -0.05) is 0 Å². The summed E-state index contributed by atoms with van der Waals surface area (Å²) in [5, 5.41) is 15.8. The Kier molecular flexibility index (Phi) is 3.47. The van der Waals surface area contributed by atoms with Gasteiger partial charge in [0, 0.05) is 5.69 Å². The lowest BCUT2D eigenvalue weighted by Crippen LogP contribution is -2.43. The van der Waals surface area contributed by atoms with Crippen molar-refractivity contribution in [2.24, 2.45) is 0 Å². The van der Waals surface area contributed by atoms with Crippen molar-refractivity contribution in [3.8, 4) is 6.07 Å². The van der Waals surface area contributed by atoms with Crippen molar-refractivity contribution in [2.75, 3.05) is 0 Å². The van der Waals surface area contributed by atoms with Crippen molar-refractivity contribution in [3.63, 3.8) is 0 Å². The number of hydrogen-bond donors (Lipinski definition) is 1. The number of hydrogen-bond acceptors (Lipinski definition) is 4. The number of ether oxygens (including phenoxy) is 1. The molecule has 1 atom stereocenters. The van der Waals surface area contributed by atoms with Crippen LogP contribution in [0.3, 0.4) is 0 Å². The number of amides is 1. The normalized spacial score (nSPS) is 18.3. The lowest BCUT2D eigenvalue weighted by Gasteiger charge is -2.26. The maximum absolute atomic E-state index is 11.7. The summed E-state index contributed by atoms with van der Waals surface area (Å²) in [5.74, 6) is 0. The third-order valence-corrected chi connectivity index (χ3v) is 2.84. The molecule has 2 heterocycles. The molecular weight excluding hydrogens is 244 g/mol. The molecule has 6 nitrogen and oxygen atoms in total. The van der Waals surface area contributed by atoms with Crippen molar-refractivity contribution in [1.29, 1.82) is 5.26 Å². The van der Waals surface area contributed by atoms with Crippen molar-refractivity contribution in [1.82, 2.24) is 15.1 Å². The van der Waals surface area contributed by atoms with Gasteiger partial charge in [0.2, 0.25) is 0 Å². The van der Waals surface area contributed by atoms with Gasteiger partial charge in [-0.15, -0.1) is 0 Å². The van der Waals surface area contributed by atoms with E-state index >= 15 is 0 Å². The number of nitrogens with zero attached hydrogens (tertiary/aromatic N) is 3. The van der Waals surface area contributed by atoms with E-state index < -0.39 is 11.7 Å². The standard InChI is InChI=1S/C13H18N4O2/c1-13(2,3)19-12(18)15-9-4-5-11-6-10(7-14)16-17(11)8-9/h6,9H,4-5,8H2,1-3H3,(H,15,18)/t9-/m0/s1. The van der Waals surface area contributed by atoms with Gasteiger partial charge in [-0.3, -0.25) is 4.68 Å². The van der Waals surface area contributed by atoms with Gasteiger partial charge in [0.05, 0.1) is 12.6 Å². The van der Waals surface area contributed by atoms with Crippen LogP contribution in [0.2, 0.25) is 0 Å². The van der Waals surface area contributed by atoms with E-state index in [0.717, 1.165) is 18.5 Å². The second kappa shape index (κ2) is 4.92. The number of aromatic nitrogens is 2. The fourth-order valence-corrected chi connectivity index (χ4v) is 2.08. The number of carbonyl (C=O) groups excluding carboxylic acids is 1. The second-order valence-electron chi connectivity index (χ2n) is 5.70. The molecule has 2 rings (SSSR count). The van der Waals surface area contributed by atoms with Gasteiger partial charge in [-0.2, -0.15) is 10.4 Å². The van der Waals surface area contributed by atoms with Crippen LogP contribution >= 0.6 is 0 Å². The molecule has 0 bridgehead atoms. The maximum atomic E-state index is 11.7. The minimum absolute atomic E-state index is 0.00575. The minimum Gasteiger partial charge on any atom is -0.444 e. The van der Waals surface area contributed by atoms with Crippen LogP contribution in [0.4, 0.5) is 4.79 Å². The molecule has 6 heteroatoms. The minimum atomic E-state index is -0.496. The molecule has 0 aliphatic carbocycles. The van der Waals surface area contributed by atoms with Gasteiger partial charge in [0.1, 0.15) is 11.7 Å². The molecule has 1 aromatic heterocycles. The molecule has 102 valence electrons. The molecule has 1 aliphatic rings. The van der Waals surface area contributed by atoms with Crippen LogP contribution in [0.1, 0.15) is 38.6 Å². The highest BCUT2D eigenvalue weighted by atomic mass is 16.6. The molecule has 1 aliphatic heterocycles. The third kappa shape index (κ3) is 3.47. The first kappa shape index (κ1) is 13.4. The Bertz CT molecular complexity index is 522. The molecule has 0 unspecified atom stereocenters. The quantitative estimate of drug-likeness (QED) is 0.833. The van der Waals surface area contributed by atoms with Crippen LogP contribution in [0.25, 0.3) is 0 Å². The Hall–Kier alpha value is -2.03. The number of fused-ring (bicyclic) bond motifs is 1. The molecule has 0 saturated heterocycles. The number of nitrogens with one attached hydrogen (secondary N) is 1. The zero-order valence-corrected chi connectivity index (χ0v) is 11.4. The van der Waals surface area contributed by atoms with Gasteiger partial charge >= 0.3 is 6.09 Å². The Balaban J connectivity index is 1.95. The molecule has 0 aromatic carbocycles. The third-order valence-electron chi connectivity index (χ3n) is 2.84. The highest BCUT2D eigenvalue weighted by Crippen LogP contribution is 2.16. The van der Waals surface area contributed by atoms with Crippen molar-refractivity contribution < 1.29 is 9.53 Å². The average Bonchev–Trinajstić information content (AvgIpc) is 2.68. The molecule has 0 spiro atoms. The summed E-state index contributed by atoms with van der Waals surface area (Å²) in [7, 11) is 0. The molecule has 19 heavy (non-hydrogen) atoms. The molecule has 0 fully saturated rings. The molecule has 1 aromatic rings. The zero-order chi connectivity index (χ0) is 14.0. The smallest absolute Gasteiger partial charge is 0.407 e. The highest BCUT2D eigenvalue weighted by molar-refractivity contribution is 5.68. The van der Waals surface area contributed by atoms with Gasteiger partial charge in [0.25, 0.3) is 0 Å². The van der Waals surface area contributed by atoms with Crippen LogP contribution in [0, 0.1) is 11.3 Å². The van der Waals surface area contributed by atoms with E-state index in [4.69, 9.17) is 10.00 Å². The Morgan fingerprint density at radius 2 is 2.37 bits per heavy atom. The van der Waals surface area contributed by atoms with Crippen molar-refractivity contribution in [3.05, 3.63) is 17.5 Å². The first-order chi connectivity index (χ1) is 8.87. The van der Waals surface area contributed by atoms with E-state index in [1.54, 1.807) is 10.7 Å². The average molecular weight is 262 g/mol. The summed E-state index contributed by atoms with van der Waals surface area (Å²) < 4.78 is 7.00. The summed E-state index contributed by atoms with van der Waals surface area (Å²) in [6, 6.07) is 3.82. The fourth-order valence-electron chi connectivity index (χ4n) is 2.08. The Morgan fingerprint density at radius 3 is 3.00 bits per heavy atom. The van der Waals surface area contributed by atoms with Crippen LogP contribution in [0.15, 0.2) is 6.07 Å². The lowest BCUT2D eigenvalue weighted by atomic mass is 10.1. The van der Waals surface area contributed by atoms with Crippen LogP contribution in [-0.2, 0) is 17.7 Å². The summed E-state index contributed by atoms with van der Waals surface area (Å²) >= 11 is 0. The summed E-state index contributed by atoms with van der Waals surface area (Å²) in [6.45, 7) is 6.07. The molecule has 0 radical (unpaired) electrons. The van der Waals surface area contributed by atoms with E-state index in [-0.39, 0.29) is 6.04 Å². The Morgan fingerprint density at radius 1 is 1.63 bits per heavy atom. The molecule has 0 saturated carbocycles. The topological polar surface area (TPSA) is 79.9 Å². The largest absolute Gasteiger partial charge is 0.444 e. The van der Waals surface area contributed by atoms with Crippen LogP contribution in [0.5, 0.6) is 0 Å². The van der Waals surface area contributed by atoms with E-state index in [2.05, 4.69) is 10.4 Å². The molecule has 1 amide bonds. The first-order valence-electron chi connectivity index (χ1n) is 6.34. The predicted octanol–water partition coefficient (Wildman–Crippen LogP) is 1.59. The fraction of sp³-hybridized carbons (Fsp3) is 0.615. The van der Waals surface area contributed by atoms with Crippen molar-refractivity contribution >= 4 is 6.09 Å². The number of carbonyl (C=O) groups is 1. The van der Waals surface area contributed by atoms with E-state index in [0.29, 0.717) is 12.2 Å². The molecular formula is C13H18N4O2. The SMILES string of the molecule is CC(C)(C)OC(=O)N[C@H]1CCc2cc(C#N)nn2C1. The second-order valence-corrected chi connectivity index (χ2v) is 5.70. The van der Waals surface area contributed by atoms with E-state index in [1.807, 2.05) is 26.8 Å². The summed E-state index contributed by atoms with van der Waals surface area (Å²) in [6.07, 6.45) is 1.22. The summed E-state index contributed by atoms with van der Waals surface area (Å²) in [5.41, 5.74) is 0.968. The number of nitriles is 1. The van der Waals surface area contributed by atoms with Crippen molar-refractivity contribution in [2.45, 2.75) is 51.8 Å². The maximum Gasteiger partial charge on any atom is 0.407 e. The zero-order valence-electron chi connectivity index (χ0n) is 11.4. The number of alkyl carbamates (subject to hydrolysis) is 1. The predicted molar refractivity (Wildman–Crippen MR) is 68.4 cm³/mol. The van der Waals surface area contributed by atoms with Crippen LogP contribution < -0.4 is 5.32 Å². The van der Waals surface area contributed by atoms with Gasteiger partial charge in [-0.05, 0) is 39.7 Å². The Labute approximate surface area is 112 Å².